The molecule has 1 saturated heterocycles. The van der Waals surface area contributed by atoms with E-state index in [9.17, 15) is 14.0 Å². The van der Waals surface area contributed by atoms with Crippen molar-refractivity contribution in [2.45, 2.75) is 6.42 Å². The Hall–Kier alpha value is -3.35. The number of para-hydroxylation sites is 2. The summed E-state index contributed by atoms with van der Waals surface area (Å²) in [6.07, 6.45) is 2.05. The third-order valence-corrected chi connectivity index (χ3v) is 5.29. The number of halogens is 1. The maximum atomic E-state index is 13.9. The fourth-order valence-electron chi connectivity index (χ4n) is 3.70. The maximum absolute atomic E-state index is 13.9. The van der Waals surface area contributed by atoms with Gasteiger partial charge in [0.05, 0.1) is 18.7 Å². The van der Waals surface area contributed by atoms with E-state index in [1.807, 2.05) is 35.4 Å². The van der Waals surface area contributed by atoms with Crippen LogP contribution in [0.3, 0.4) is 0 Å². The Morgan fingerprint density at radius 3 is 2.52 bits per heavy atom. The van der Waals surface area contributed by atoms with Gasteiger partial charge in [0, 0.05) is 43.3 Å². The lowest BCUT2D eigenvalue weighted by Crippen LogP contribution is -2.51. The molecular weight excluding hydrogens is 371 g/mol. The minimum Gasteiger partial charge on any atom is -0.366 e. The van der Waals surface area contributed by atoms with Crippen molar-refractivity contribution in [1.29, 1.82) is 0 Å². The Morgan fingerprint density at radius 1 is 1.00 bits per heavy atom. The molecule has 1 aliphatic heterocycles. The highest BCUT2D eigenvalue weighted by molar-refractivity contribution is 5.90. The third kappa shape index (κ3) is 4.23. The van der Waals surface area contributed by atoms with Crippen LogP contribution < -0.4 is 10.2 Å². The van der Waals surface area contributed by atoms with Gasteiger partial charge in [0.2, 0.25) is 11.8 Å². The van der Waals surface area contributed by atoms with Crippen molar-refractivity contribution < 1.29 is 14.0 Å². The van der Waals surface area contributed by atoms with Gasteiger partial charge in [0.25, 0.3) is 0 Å². The van der Waals surface area contributed by atoms with Crippen LogP contribution in [0.2, 0.25) is 0 Å². The summed E-state index contributed by atoms with van der Waals surface area (Å²) in [5.41, 5.74) is 2.45. The molecule has 3 aromatic rings. The lowest BCUT2D eigenvalue weighted by Gasteiger charge is -2.36. The first-order valence-corrected chi connectivity index (χ1v) is 9.71. The summed E-state index contributed by atoms with van der Waals surface area (Å²) in [5.74, 6) is -0.560. The summed E-state index contributed by atoms with van der Waals surface area (Å²) in [7, 11) is 0. The normalized spacial score (nSPS) is 14.2. The second-order valence-corrected chi connectivity index (χ2v) is 7.13. The first kappa shape index (κ1) is 19.0. The van der Waals surface area contributed by atoms with Gasteiger partial charge < -0.3 is 20.1 Å². The highest BCUT2D eigenvalue weighted by Crippen LogP contribution is 2.20. The molecule has 0 spiro atoms. The molecule has 0 bridgehead atoms. The molecule has 0 saturated carbocycles. The van der Waals surface area contributed by atoms with Crippen LogP contribution in [0.4, 0.5) is 10.1 Å². The monoisotopic (exact) mass is 394 g/mol. The van der Waals surface area contributed by atoms with Crippen molar-refractivity contribution in [3.05, 3.63) is 66.1 Å². The summed E-state index contributed by atoms with van der Waals surface area (Å²) < 4.78 is 13.9. The number of rotatable bonds is 5. The average molecular weight is 394 g/mol. The standard InChI is InChI=1S/C22H23FN4O2/c23-18-6-2-4-8-20(18)26-9-11-27(12-10-26)22(29)15-25-21(28)13-16-14-24-19-7-3-1-5-17(16)19/h1-8,14,24H,9-13,15H2,(H,25,28). The second-order valence-electron chi connectivity index (χ2n) is 7.13. The Bertz CT molecular complexity index is 1020. The molecule has 2 heterocycles. The molecule has 0 aliphatic carbocycles. The Morgan fingerprint density at radius 2 is 1.72 bits per heavy atom. The summed E-state index contributed by atoms with van der Waals surface area (Å²) in [4.78, 5) is 31.5. The third-order valence-electron chi connectivity index (χ3n) is 5.29. The minimum absolute atomic E-state index is 0.0269. The van der Waals surface area contributed by atoms with E-state index < -0.39 is 0 Å². The molecule has 150 valence electrons. The highest BCUT2D eigenvalue weighted by Gasteiger charge is 2.23. The predicted molar refractivity (Wildman–Crippen MR) is 110 cm³/mol. The molecule has 2 N–H and O–H groups in total. The van der Waals surface area contributed by atoms with Crippen LogP contribution in [0.25, 0.3) is 10.9 Å². The smallest absolute Gasteiger partial charge is 0.242 e. The summed E-state index contributed by atoms with van der Waals surface area (Å²) >= 11 is 0. The van der Waals surface area contributed by atoms with Gasteiger partial charge in [-0.3, -0.25) is 9.59 Å². The number of hydrogen-bond donors (Lipinski definition) is 2. The van der Waals surface area contributed by atoms with Gasteiger partial charge in [-0.05, 0) is 23.8 Å². The highest BCUT2D eigenvalue weighted by atomic mass is 19.1. The van der Waals surface area contributed by atoms with Gasteiger partial charge >= 0.3 is 0 Å². The maximum Gasteiger partial charge on any atom is 0.242 e. The minimum atomic E-state index is -0.253. The second kappa shape index (κ2) is 8.34. The summed E-state index contributed by atoms with van der Waals surface area (Å²) in [6.45, 7) is 2.11. The molecule has 4 rings (SSSR count). The molecule has 6 nitrogen and oxygen atoms in total. The van der Waals surface area contributed by atoms with Crippen LogP contribution in [-0.4, -0.2) is 54.4 Å². The number of carbonyl (C=O) groups excluding carboxylic acids is 2. The Labute approximate surface area is 168 Å². The molecule has 0 radical (unpaired) electrons. The van der Waals surface area contributed by atoms with Gasteiger partial charge in [0.15, 0.2) is 0 Å². The molecular formula is C22H23FN4O2. The number of fused-ring (bicyclic) bond motifs is 1. The number of piperazine rings is 1. The number of aromatic nitrogens is 1. The van der Waals surface area contributed by atoms with Crippen molar-refractivity contribution >= 4 is 28.4 Å². The molecule has 0 atom stereocenters. The molecule has 1 aromatic heterocycles. The van der Waals surface area contributed by atoms with Crippen molar-refractivity contribution in [2.75, 3.05) is 37.6 Å². The number of H-pyrrole nitrogens is 1. The summed E-state index contributed by atoms with van der Waals surface area (Å²) in [5, 5.41) is 3.73. The molecule has 2 aromatic carbocycles. The van der Waals surface area contributed by atoms with E-state index in [2.05, 4.69) is 10.3 Å². The predicted octanol–water partition coefficient (Wildman–Crippen LogP) is 2.31. The molecule has 1 aliphatic rings. The zero-order valence-corrected chi connectivity index (χ0v) is 16.0. The van der Waals surface area contributed by atoms with E-state index in [4.69, 9.17) is 0 Å². The van der Waals surface area contributed by atoms with E-state index >= 15 is 0 Å². The molecule has 1 fully saturated rings. The first-order valence-electron chi connectivity index (χ1n) is 9.71. The SMILES string of the molecule is O=C(Cc1c[nH]c2ccccc12)NCC(=O)N1CCN(c2ccccc2F)CC1. The van der Waals surface area contributed by atoms with E-state index in [0.29, 0.717) is 31.9 Å². The van der Waals surface area contributed by atoms with Crippen LogP contribution in [0.15, 0.2) is 54.7 Å². The number of nitrogens with zero attached hydrogens (tertiary/aromatic N) is 2. The van der Waals surface area contributed by atoms with Crippen LogP contribution in [0, 0.1) is 5.82 Å². The van der Waals surface area contributed by atoms with Gasteiger partial charge in [-0.1, -0.05) is 30.3 Å². The lowest BCUT2D eigenvalue weighted by atomic mass is 10.1. The largest absolute Gasteiger partial charge is 0.366 e. The topological polar surface area (TPSA) is 68.4 Å². The van der Waals surface area contributed by atoms with E-state index in [0.717, 1.165) is 16.5 Å². The van der Waals surface area contributed by atoms with E-state index in [-0.39, 0.29) is 30.6 Å². The van der Waals surface area contributed by atoms with Crippen molar-refractivity contribution in [2.24, 2.45) is 0 Å². The number of amides is 2. The van der Waals surface area contributed by atoms with Gasteiger partial charge in [-0.15, -0.1) is 0 Å². The van der Waals surface area contributed by atoms with Gasteiger partial charge in [-0.25, -0.2) is 4.39 Å². The molecule has 0 unspecified atom stereocenters. The Balaban J connectivity index is 1.26. The van der Waals surface area contributed by atoms with Gasteiger partial charge in [-0.2, -0.15) is 0 Å². The number of carbonyl (C=O) groups is 2. The summed E-state index contributed by atoms with van der Waals surface area (Å²) in [6, 6.07) is 14.5. The number of aromatic amines is 1. The number of benzene rings is 2. The van der Waals surface area contributed by atoms with Crippen molar-refractivity contribution in [3.8, 4) is 0 Å². The van der Waals surface area contributed by atoms with E-state index in [1.54, 1.807) is 23.1 Å². The van der Waals surface area contributed by atoms with Crippen LogP contribution in [0.1, 0.15) is 5.56 Å². The number of nitrogens with one attached hydrogen (secondary N) is 2. The van der Waals surface area contributed by atoms with Crippen LogP contribution in [-0.2, 0) is 16.0 Å². The van der Waals surface area contributed by atoms with Crippen LogP contribution in [0.5, 0.6) is 0 Å². The van der Waals surface area contributed by atoms with Gasteiger partial charge in [0.1, 0.15) is 5.82 Å². The molecule has 7 heteroatoms. The van der Waals surface area contributed by atoms with E-state index in [1.165, 1.54) is 6.07 Å². The Kier molecular flexibility index (Phi) is 5.46. The quantitative estimate of drug-likeness (QED) is 0.698. The zero-order valence-electron chi connectivity index (χ0n) is 16.0. The molecule has 29 heavy (non-hydrogen) atoms. The molecule has 2 amide bonds. The first-order chi connectivity index (χ1) is 14.1. The number of hydrogen-bond acceptors (Lipinski definition) is 3. The zero-order chi connectivity index (χ0) is 20.2. The average Bonchev–Trinajstić information content (AvgIpc) is 3.15. The number of anilines is 1. The van der Waals surface area contributed by atoms with Crippen molar-refractivity contribution in [3.63, 3.8) is 0 Å². The van der Waals surface area contributed by atoms with Crippen LogP contribution >= 0.6 is 0 Å². The lowest BCUT2D eigenvalue weighted by molar-refractivity contribution is -0.133. The van der Waals surface area contributed by atoms with Crippen molar-refractivity contribution in [1.82, 2.24) is 15.2 Å². The fourth-order valence-corrected chi connectivity index (χ4v) is 3.70. The fraction of sp³-hybridized carbons (Fsp3) is 0.273.